The van der Waals surface area contributed by atoms with E-state index in [-0.39, 0.29) is 29.2 Å². The van der Waals surface area contributed by atoms with Crippen LogP contribution in [0.5, 0.6) is 11.5 Å². The molecule has 5 nitrogen and oxygen atoms in total. The Hall–Kier alpha value is -3.34. The van der Waals surface area contributed by atoms with Gasteiger partial charge in [-0.1, -0.05) is 48.6 Å². The third kappa shape index (κ3) is 4.88. The summed E-state index contributed by atoms with van der Waals surface area (Å²) in [6.45, 7) is 0. The van der Waals surface area contributed by atoms with Gasteiger partial charge in [-0.2, -0.15) is 0 Å². The number of fused-ring (bicyclic) bond motifs is 1. The molecule has 0 saturated carbocycles. The predicted octanol–water partition coefficient (Wildman–Crippen LogP) is 4.85. The minimum absolute atomic E-state index is 0.0158. The van der Waals surface area contributed by atoms with E-state index in [0.29, 0.717) is 12.0 Å². The van der Waals surface area contributed by atoms with Crippen LogP contribution in [-0.4, -0.2) is 21.9 Å². The average Bonchev–Trinajstić information content (AvgIpc) is 2.65. The largest absolute Gasteiger partial charge is 0.508 e. The van der Waals surface area contributed by atoms with E-state index >= 15 is 0 Å². The van der Waals surface area contributed by atoms with Crippen molar-refractivity contribution in [2.24, 2.45) is 0 Å². The van der Waals surface area contributed by atoms with Crippen LogP contribution in [0.2, 0.25) is 0 Å². The first-order valence-corrected chi connectivity index (χ1v) is 9.24. The van der Waals surface area contributed by atoms with E-state index in [0.717, 1.165) is 24.5 Å². The van der Waals surface area contributed by atoms with Crippen LogP contribution in [0.4, 0.5) is 0 Å². The Labute approximate surface area is 164 Å². The summed E-state index contributed by atoms with van der Waals surface area (Å²) in [5.41, 5.74) is 1.48. The number of phenols is 2. The molecule has 0 fully saturated rings. The van der Waals surface area contributed by atoms with Crippen LogP contribution < -0.4 is 0 Å². The lowest BCUT2D eigenvalue weighted by atomic mass is 9.99. The summed E-state index contributed by atoms with van der Waals surface area (Å²) in [6.07, 6.45) is 9.36. The number of carbonyl (C=O) groups excluding carboxylic acids is 1. The lowest BCUT2D eigenvalue weighted by Gasteiger charge is -2.19. The van der Waals surface area contributed by atoms with Crippen LogP contribution in [-0.2, 0) is 11.2 Å². The van der Waals surface area contributed by atoms with E-state index in [2.05, 4.69) is 0 Å². The second kappa shape index (κ2) is 9.04. The molecule has 0 spiro atoms. The van der Waals surface area contributed by atoms with Crippen molar-refractivity contribution in [1.29, 1.82) is 5.41 Å². The number of hydrogen-bond acceptors (Lipinski definition) is 5. The topological polar surface area (TPSA) is 90.6 Å². The molecule has 0 aliphatic carbocycles. The minimum atomic E-state index is -0.677. The fourth-order valence-corrected chi connectivity index (χ4v) is 3.17. The second-order valence-electron chi connectivity index (χ2n) is 6.69. The molecule has 1 aliphatic rings. The number of carbonyl (C=O) groups is 1. The second-order valence-corrected chi connectivity index (χ2v) is 6.69. The molecule has 3 rings (SSSR count). The highest BCUT2D eigenvalue weighted by atomic mass is 16.5. The minimum Gasteiger partial charge on any atom is -0.508 e. The maximum absolute atomic E-state index is 12.9. The summed E-state index contributed by atoms with van der Waals surface area (Å²) in [7, 11) is 0. The van der Waals surface area contributed by atoms with Gasteiger partial charge in [0.1, 0.15) is 23.2 Å². The molecule has 144 valence electrons. The van der Waals surface area contributed by atoms with Crippen molar-refractivity contribution < 1.29 is 19.7 Å². The van der Waals surface area contributed by atoms with Crippen molar-refractivity contribution in [3.05, 3.63) is 83.5 Å². The van der Waals surface area contributed by atoms with Crippen molar-refractivity contribution in [2.75, 3.05) is 0 Å². The average molecular weight is 377 g/mol. The molecule has 0 saturated heterocycles. The molecule has 0 radical (unpaired) electrons. The third-order valence-corrected chi connectivity index (χ3v) is 4.53. The monoisotopic (exact) mass is 377 g/mol. The Balaban J connectivity index is 2.01. The van der Waals surface area contributed by atoms with Gasteiger partial charge < -0.3 is 20.4 Å². The normalized spacial score (nSPS) is 20.5. The molecular weight excluding hydrogens is 354 g/mol. The Morgan fingerprint density at radius 1 is 1.00 bits per heavy atom. The van der Waals surface area contributed by atoms with Gasteiger partial charge in [0.25, 0.3) is 0 Å². The van der Waals surface area contributed by atoms with E-state index in [9.17, 15) is 15.0 Å². The van der Waals surface area contributed by atoms with E-state index < -0.39 is 12.1 Å². The van der Waals surface area contributed by atoms with Gasteiger partial charge in [0.2, 0.25) is 0 Å². The number of nitrogens with one attached hydrogen (secondary N) is 1. The summed E-state index contributed by atoms with van der Waals surface area (Å²) in [6, 6.07) is 11.9. The molecule has 2 aromatic carbocycles. The quantitative estimate of drug-likeness (QED) is 0.489. The summed E-state index contributed by atoms with van der Waals surface area (Å²) in [5, 5.41) is 28.2. The van der Waals surface area contributed by atoms with Crippen LogP contribution in [0.25, 0.3) is 0 Å². The number of hydrogen-bond donors (Lipinski definition) is 3. The van der Waals surface area contributed by atoms with E-state index in [1.807, 2.05) is 48.6 Å². The van der Waals surface area contributed by atoms with Crippen LogP contribution in [0.15, 0.2) is 66.8 Å². The molecule has 0 bridgehead atoms. The zero-order valence-electron chi connectivity index (χ0n) is 15.5. The van der Waals surface area contributed by atoms with Crippen molar-refractivity contribution in [3.63, 3.8) is 0 Å². The van der Waals surface area contributed by atoms with Gasteiger partial charge in [0.15, 0.2) is 0 Å². The molecule has 1 heterocycles. The molecule has 5 heteroatoms. The number of allylic oxidation sites excluding steroid dienone is 3. The van der Waals surface area contributed by atoms with Crippen molar-refractivity contribution in [2.45, 2.75) is 31.8 Å². The molecule has 1 aliphatic heterocycles. The van der Waals surface area contributed by atoms with E-state index in [1.54, 1.807) is 6.08 Å². The van der Waals surface area contributed by atoms with E-state index in [1.165, 1.54) is 6.07 Å². The maximum Gasteiger partial charge on any atom is 0.342 e. The first-order chi connectivity index (χ1) is 13.5. The van der Waals surface area contributed by atoms with Gasteiger partial charge in [-0.15, -0.1) is 0 Å². The fourth-order valence-electron chi connectivity index (χ4n) is 3.17. The van der Waals surface area contributed by atoms with Crippen molar-refractivity contribution >= 4 is 11.7 Å². The lowest BCUT2D eigenvalue weighted by molar-refractivity contribution is 0.0299. The summed E-state index contributed by atoms with van der Waals surface area (Å²) < 4.78 is 5.74. The highest BCUT2D eigenvalue weighted by molar-refractivity contribution is 5.99. The Kier molecular flexibility index (Phi) is 6.27. The number of cyclic esters (lactones) is 1. The number of rotatable bonds is 1. The number of phenolic OH excluding ortho intramolecular Hbond substituents is 2. The molecule has 1 atom stereocenters. The third-order valence-electron chi connectivity index (χ3n) is 4.53. The van der Waals surface area contributed by atoms with Gasteiger partial charge in [0.05, 0.1) is 0 Å². The Morgan fingerprint density at radius 3 is 2.54 bits per heavy atom. The van der Waals surface area contributed by atoms with Crippen molar-refractivity contribution in [3.8, 4) is 11.5 Å². The highest BCUT2D eigenvalue weighted by Crippen LogP contribution is 2.31. The van der Waals surface area contributed by atoms with Gasteiger partial charge in [-0.3, -0.25) is 0 Å². The van der Waals surface area contributed by atoms with Gasteiger partial charge in [-0.25, -0.2) is 4.79 Å². The first-order valence-electron chi connectivity index (χ1n) is 9.24. The first kappa shape index (κ1) is 19.4. The van der Waals surface area contributed by atoms with Gasteiger partial charge >= 0.3 is 5.97 Å². The van der Waals surface area contributed by atoms with E-state index in [4.69, 9.17) is 10.1 Å². The zero-order valence-corrected chi connectivity index (χ0v) is 15.5. The number of esters is 1. The molecular formula is C23H23NO4. The van der Waals surface area contributed by atoms with Crippen LogP contribution in [0.1, 0.15) is 46.9 Å². The summed E-state index contributed by atoms with van der Waals surface area (Å²) in [4.78, 5) is 12.9. The molecule has 28 heavy (non-hydrogen) atoms. The number of ether oxygens (including phenoxy) is 1. The zero-order chi connectivity index (χ0) is 19.9. The maximum atomic E-state index is 12.9. The van der Waals surface area contributed by atoms with Crippen LogP contribution in [0, 0.1) is 5.41 Å². The SMILES string of the molecule is N=C1/C=C/CC/C=C/CC(c2ccccc2)OC(=O)c2c(O)cc(O)cc2C1. The lowest BCUT2D eigenvalue weighted by Crippen LogP contribution is -2.15. The smallest absolute Gasteiger partial charge is 0.342 e. The van der Waals surface area contributed by atoms with Crippen LogP contribution >= 0.6 is 0 Å². The summed E-state index contributed by atoms with van der Waals surface area (Å²) in [5.74, 6) is -1.20. The van der Waals surface area contributed by atoms with Crippen LogP contribution in [0.3, 0.4) is 0 Å². The predicted molar refractivity (Wildman–Crippen MR) is 108 cm³/mol. The standard InChI is InChI=1S/C23H23NO4/c24-18-11-7-2-1-3-8-12-21(16-9-5-4-6-10-16)28-23(27)22-17(13-18)14-19(25)15-20(22)26/h3-11,14-15,21,24-26H,1-2,12-13H2/b8-3+,11-7+,24-18?. The molecule has 2 aromatic rings. The van der Waals surface area contributed by atoms with Gasteiger partial charge in [0, 0.05) is 24.6 Å². The Morgan fingerprint density at radius 2 is 1.75 bits per heavy atom. The number of benzene rings is 2. The summed E-state index contributed by atoms with van der Waals surface area (Å²) >= 11 is 0. The van der Waals surface area contributed by atoms with Crippen molar-refractivity contribution in [1.82, 2.24) is 0 Å². The molecule has 0 aromatic heterocycles. The fraction of sp³-hybridized carbons (Fsp3) is 0.217. The van der Waals surface area contributed by atoms with Gasteiger partial charge in [-0.05, 0) is 36.1 Å². The molecule has 0 amide bonds. The molecule has 3 N–H and O–H groups in total. The Bertz CT molecular complexity index is 916. The molecule has 1 unspecified atom stereocenters. The number of aromatic hydroxyl groups is 2. The highest BCUT2D eigenvalue weighted by Gasteiger charge is 2.24.